The van der Waals surface area contributed by atoms with Gasteiger partial charge in [0.1, 0.15) is 0 Å². The number of nitrogens with zero attached hydrogens (tertiary/aromatic N) is 2. The Kier molecular flexibility index (Phi) is 7.42. The molecule has 2 heteroatoms. The van der Waals surface area contributed by atoms with Gasteiger partial charge in [-0.3, -0.25) is 0 Å². The fourth-order valence-electron chi connectivity index (χ4n) is 8.62. The van der Waals surface area contributed by atoms with Gasteiger partial charge >= 0.3 is 0 Å². The lowest BCUT2D eigenvalue weighted by molar-refractivity contribution is 0.660. The van der Waals surface area contributed by atoms with Crippen LogP contribution in [0.3, 0.4) is 0 Å². The van der Waals surface area contributed by atoms with Gasteiger partial charge in [0.25, 0.3) is 0 Å². The minimum atomic E-state index is -0.190. The first-order valence-electron chi connectivity index (χ1n) is 18.8. The molecule has 1 aliphatic rings. The summed E-state index contributed by atoms with van der Waals surface area (Å²) in [6.07, 6.45) is 0. The van der Waals surface area contributed by atoms with Crippen LogP contribution in [0.2, 0.25) is 0 Å². The molecule has 0 aliphatic heterocycles. The number of hydrogen-bond donors (Lipinski definition) is 0. The van der Waals surface area contributed by atoms with Gasteiger partial charge in [0.15, 0.2) is 0 Å². The fraction of sp³-hybridized carbons (Fsp3) is 0.0769. The van der Waals surface area contributed by atoms with Crippen LogP contribution in [0, 0.1) is 6.92 Å². The zero-order valence-corrected chi connectivity index (χ0v) is 30.8. The Labute approximate surface area is 317 Å². The predicted octanol–water partition coefficient (Wildman–Crippen LogP) is 14.2. The van der Waals surface area contributed by atoms with Crippen molar-refractivity contribution in [2.45, 2.75) is 26.2 Å². The summed E-state index contributed by atoms with van der Waals surface area (Å²) in [6, 6.07) is 68.9. The van der Waals surface area contributed by atoms with Crippen molar-refractivity contribution in [3.05, 3.63) is 205 Å². The molecule has 1 aliphatic carbocycles. The van der Waals surface area contributed by atoms with Crippen molar-refractivity contribution in [3.8, 4) is 39.1 Å². The molecule has 2 nitrogen and oxygen atoms in total. The quantitative estimate of drug-likeness (QED) is 0.168. The average Bonchev–Trinajstić information content (AvgIpc) is 3.67. The van der Waals surface area contributed by atoms with Crippen LogP contribution >= 0.6 is 0 Å². The molecule has 0 radical (unpaired) electrons. The predicted molar refractivity (Wildman–Crippen MR) is 229 cm³/mol. The molecule has 0 saturated carbocycles. The summed E-state index contributed by atoms with van der Waals surface area (Å²) in [7, 11) is 0. The standard InChI is InChI=1S/C52H40N2/c1-35-17-25-40(26-18-35)53(41-27-23-39(24-28-41)38-21-19-37(20-22-38)36-11-5-4-6-12-36)42-29-31-44-45-32-30-43(34-49(45)52(2,3)48(44)33-42)54-50-15-9-7-13-46(50)47-14-8-10-16-51(47)54/h4-34H,1-3H3. The summed E-state index contributed by atoms with van der Waals surface area (Å²) >= 11 is 0. The molecule has 9 aromatic rings. The van der Waals surface area contributed by atoms with E-state index in [2.05, 4.69) is 218 Å². The molecule has 0 fully saturated rings. The third-order valence-corrected chi connectivity index (χ3v) is 11.5. The second kappa shape index (κ2) is 12.5. The van der Waals surface area contributed by atoms with Gasteiger partial charge in [0, 0.05) is 38.9 Å². The molecule has 0 amide bonds. The van der Waals surface area contributed by atoms with Crippen LogP contribution in [0.1, 0.15) is 30.5 Å². The van der Waals surface area contributed by atoms with Gasteiger partial charge in [-0.1, -0.05) is 147 Å². The SMILES string of the molecule is Cc1ccc(N(c2ccc(-c3ccc(-c4ccccc4)cc3)cc2)c2ccc3c(c2)C(C)(C)c2cc(-n4c5ccccc5c5ccccc54)ccc2-3)cc1. The molecule has 0 N–H and O–H groups in total. The lowest BCUT2D eigenvalue weighted by Gasteiger charge is -2.28. The highest BCUT2D eigenvalue weighted by Crippen LogP contribution is 2.51. The lowest BCUT2D eigenvalue weighted by Crippen LogP contribution is -2.17. The van der Waals surface area contributed by atoms with Gasteiger partial charge in [-0.2, -0.15) is 0 Å². The maximum Gasteiger partial charge on any atom is 0.0541 e. The number of hydrogen-bond acceptors (Lipinski definition) is 1. The summed E-state index contributed by atoms with van der Waals surface area (Å²) in [5.41, 5.74) is 18.4. The van der Waals surface area contributed by atoms with Crippen molar-refractivity contribution in [1.29, 1.82) is 0 Å². The van der Waals surface area contributed by atoms with E-state index < -0.39 is 0 Å². The lowest BCUT2D eigenvalue weighted by atomic mass is 9.82. The van der Waals surface area contributed by atoms with E-state index in [9.17, 15) is 0 Å². The monoisotopic (exact) mass is 692 g/mol. The largest absolute Gasteiger partial charge is 0.310 e. The Bertz CT molecular complexity index is 2770. The molecule has 0 atom stereocenters. The van der Waals surface area contributed by atoms with Gasteiger partial charge < -0.3 is 9.47 Å². The van der Waals surface area contributed by atoms with E-state index in [1.807, 2.05) is 0 Å². The zero-order chi connectivity index (χ0) is 36.4. The third kappa shape index (κ3) is 5.17. The maximum atomic E-state index is 2.43. The van der Waals surface area contributed by atoms with Crippen LogP contribution in [0.25, 0.3) is 60.9 Å². The molecular weight excluding hydrogens is 653 g/mol. The number of rotatable bonds is 6. The second-order valence-corrected chi connectivity index (χ2v) is 15.1. The van der Waals surface area contributed by atoms with Crippen LogP contribution in [0.4, 0.5) is 17.1 Å². The van der Waals surface area contributed by atoms with Gasteiger partial charge in [-0.25, -0.2) is 0 Å². The molecule has 1 aromatic heterocycles. The van der Waals surface area contributed by atoms with Crippen LogP contribution in [0.5, 0.6) is 0 Å². The smallest absolute Gasteiger partial charge is 0.0541 e. The van der Waals surface area contributed by atoms with Crippen LogP contribution in [-0.4, -0.2) is 4.57 Å². The molecule has 54 heavy (non-hydrogen) atoms. The Balaban J connectivity index is 1.03. The van der Waals surface area contributed by atoms with E-state index in [4.69, 9.17) is 0 Å². The Morgan fingerprint density at radius 1 is 0.407 bits per heavy atom. The maximum absolute atomic E-state index is 2.43. The van der Waals surface area contributed by atoms with Crippen molar-refractivity contribution in [1.82, 2.24) is 4.57 Å². The number of anilines is 3. The number of para-hydroxylation sites is 2. The summed E-state index contributed by atoms with van der Waals surface area (Å²) in [4.78, 5) is 2.39. The number of aromatic nitrogens is 1. The van der Waals surface area contributed by atoms with E-state index in [-0.39, 0.29) is 5.41 Å². The van der Waals surface area contributed by atoms with Crippen molar-refractivity contribution in [3.63, 3.8) is 0 Å². The van der Waals surface area contributed by atoms with Crippen molar-refractivity contribution < 1.29 is 0 Å². The Morgan fingerprint density at radius 2 is 0.852 bits per heavy atom. The molecule has 10 rings (SSSR count). The van der Waals surface area contributed by atoms with Crippen LogP contribution in [0.15, 0.2) is 188 Å². The fourth-order valence-corrected chi connectivity index (χ4v) is 8.62. The zero-order valence-electron chi connectivity index (χ0n) is 30.8. The normalized spacial score (nSPS) is 12.9. The van der Waals surface area contributed by atoms with Crippen molar-refractivity contribution >= 4 is 38.9 Å². The first-order chi connectivity index (χ1) is 26.4. The van der Waals surface area contributed by atoms with Crippen LogP contribution in [-0.2, 0) is 5.41 Å². The van der Waals surface area contributed by atoms with Gasteiger partial charge in [-0.05, 0) is 112 Å². The molecule has 1 heterocycles. The van der Waals surface area contributed by atoms with Crippen molar-refractivity contribution in [2.24, 2.45) is 0 Å². The first-order valence-corrected chi connectivity index (χ1v) is 18.8. The van der Waals surface area contributed by atoms with Gasteiger partial charge in [0.2, 0.25) is 0 Å². The Hall–Kier alpha value is -6.64. The summed E-state index contributed by atoms with van der Waals surface area (Å²) < 4.78 is 2.43. The Morgan fingerprint density at radius 3 is 1.44 bits per heavy atom. The molecule has 0 spiro atoms. The van der Waals surface area contributed by atoms with Crippen LogP contribution < -0.4 is 4.90 Å². The second-order valence-electron chi connectivity index (χ2n) is 15.1. The molecule has 0 bridgehead atoms. The minimum absolute atomic E-state index is 0.190. The number of aryl methyl sites for hydroxylation is 1. The van der Waals surface area contributed by atoms with E-state index in [0.717, 1.165) is 17.1 Å². The highest BCUT2D eigenvalue weighted by Gasteiger charge is 2.36. The van der Waals surface area contributed by atoms with Gasteiger partial charge in [-0.15, -0.1) is 0 Å². The minimum Gasteiger partial charge on any atom is -0.310 e. The van der Waals surface area contributed by atoms with Crippen molar-refractivity contribution in [2.75, 3.05) is 4.90 Å². The first kappa shape index (κ1) is 32.0. The molecule has 258 valence electrons. The van der Waals surface area contributed by atoms with E-state index in [0.29, 0.717) is 0 Å². The summed E-state index contributed by atoms with van der Waals surface area (Å²) in [5.74, 6) is 0. The molecule has 0 saturated heterocycles. The number of fused-ring (bicyclic) bond motifs is 6. The van der Waals surface area contributed by atoms with E-state index in [1.165, 1.54) is 77.6 Å². The number of benzene rings is 8. The molecule has 8 aromatic carbocycles. The summed E-state index contributed by atoms with van der Waals surface area (Å²) in [5, 5.41) is 2.57. The highest BCUT2D eigenvalue weighted by molar-refractivity contribution is 6.09. The third-order valence-electron chi connectivity index (χ3n) is 11.5. The molecule has 0 unspecified atom stereocenters. The molecular formula is C52H40N2. The van der Waals surface area contributed by atoms with E-state index >= 15 is 0 Å². The highest BCUT2D eigenvalue weighted by atomic mass is 15.1. The topological polar surface area (TPSA) is 8.17 Å². The average molecular weight is 693 g/mol. The van der Waals surface area contributed by atoms with Gasteiger partial charge in [0.05, 0.1) is 11.0 Å². The summed E-state index contributed by atoms with van der Waals surface area (Å²) in [6.45, 7) is 6.91. The van der Waals surface area contributed by atoms with E-state index in [1.54, 1.807) is 0 Å².